The minimum Gasteiger partial charge on any atom is -0.383 e. The Morgan fingerprint density at radius 2 is 1.84 bits per heavy atom. The van der Waals surface area contributed by atoms with Crippen molar-refractivity contribution in [3.63, 3.8) is 0 Å². The van der Waals surface area contributed by atoms with Gasteiger partial charge in [0.05, 0.1) is 13.2 Å². The summed E-state index contributed by atoms with van der Waals surface area (Å²) < 4.78 is 9.98. The van der Waals surface area contributed by atoms with Gasteiger partial charge in [0.2, 0.25) is 0 Å². The molecule has 0 radical (unpaired) electrons. The zero-order valence-electron chi connectivity index (χ0n) is 11.0. The number of anilines is 2. The Hall–Kier alpha value is -1.51. The summed E-state index contributed by atoms with van der Waals surface area (Å²) in [5, 5.41) is 7.20. The van der Waals surface area contributed by atoms with Gasteiger partial charge in [-0.2, -0.15) is 0 Å². The first kappa shape index (κ1) is 13.9. The summed E-state index contributed by atoms with van der Waals surface area (Å²) >= 11 is 1.50. The van der Waals surface area contributed by atoms with Gasteiger partial charge in [-0.25, -0.2) is 15.0 Å². The molecule has 2 rings (SSSR count). The number of fused-ring (bicyclic) bond motifs is 1. The van der Waals surface area contributed by atoms with E-state index in [1.807, 2.05) is 0 Å². The molecule has 0 aliphatic rings. The van der Waals surface area contributed by atoms with Crippen LogP contribution in [0.1, 0.15) is 0 Å². The molecule has 2 aromatic heterocycles. The first-order valence-electron chi connectivity index (χ1n) is 5.92. The van der Waals surface area contributed by atoms with Gasteiger partial charge in [0.25, 0.3) is 0 Å². The van der Waals surface area contributed by atoms with Crippen molar-refractivity contribution < 1.29 is 9.47 Å². The maximum absolute atomic E-state index is 5.00. The van der Waals surface area contributed by atoms with Crippen molar-refractivity contribution in [1.29, 1.82) is 0 Å². The van der Waals surface area contributed by atoms with Crippen molar-refractivity contribution in [2.75, 3.05) is 51.2 Å². The van der Waals surface area contributed by atoms with Gasteiger partial charge in [0.1, 0.15) is 11.8 Å². The van der Waals surface area contributed by atoms with Crippen LogP contribution in [0.4, 0.5) is 10.9 Å². The molecule has 2 N–H and O–H groups in total. The summed E-state index contributed by atoms with van der Waals surface area (Å²) in [6.07, 6.45) is 1.54. The number of aromatic nitrogens is 3. The van der Waals surface area contributed by atoms with Crippen LogP contribution in [0, 0.1) is 0 Å². The topological polar surface area (TPSA) is 81.2 Å². The Kier molecular flexibility index (Phi) is 5.25. The molecule has 0 aromatic carbocycles. The summed E-state index contributed by atoms with van der Waals surface area (Å²) in [5.74, 6) is 0.734. The molecule has 0 fully saturated rings. The molecule has 0 aliphatic carbocycles. The molecular formula is C11H17N5O2S. The quantitative estimate of drug-likeness (QED) is 0.704. The predicted octanol–water partition coefficient (Wildman–Crippen LogP) is 1.20. The van der Waals surface area contributed by atoms with Gasteiger partial charge in [0, 0.05) is 27.3 Å². The maximum Gasteiger partial charge on any atom is 0.185 e. The fourth-order valence-electron chi connectivity index (χ4n) is 1.49. The molecule has 2 aromatic rings. The molecule has 0 saturated carbocycles. The molecule has 0 spiro atoms. The molecule has 0 saturated heterocycles. The number of rotatable bonds is 8. The number of nitrogens with zero attached hydrogens (tertiary/aromatic N) is 3. The van der Waals surface area contributed by atoms with Gasteiger partial charge in [-0.3, -0.25) is 0 Å². The molecule has 2 heterocycles. The third-order valence-electron chi connectivity index (χ3n) is 2.38. The molecule has 0 atom stereocenters. The van der Waals surface area contributed by atoms with Crippen LogP contribution in [-0.2, 0) is 9.47 Å². The van der Waals surface area contributed by atoms with Gasteiger partial charge >= 0.3 is 0 Å². The Morgan fingerprint density at radius 3 is 2.58 bits per heavy atom. The third kappa shape index (κ3) is 3.72. The fraction of sp³-hybridized carbons (Fsp3) is 0.545. The average molecular weight is 283 g/mol. The van der Waals surface area contributed by atoms with E-state index in [1.54, 1.807) is 14.2 Å². The lowest BCUT2D eigenvalue weighted by Crippen LogP contribution is -2.09. The molecule has 8 heteroatoms. The van der Waals surface area contributed by atoms with Crippen molar-refractivity contribution in [2.45, 2.75) is 0 Å². The van der Waals surface area contributed by atoms with E-state index in [1.165, 1.54) is 17.7 Å². The van der Waals surface area contributed by atoms with Crippen LogP contribution in [0.25, 0.3) is 10.3 Å². The van der Waals surface area contributed by atoms with E-state index in [4.69, 9.17) is 9.47 Å². The number of hydrogen-bond acceptors (Lipinski definition) is 8. The van der Waals surface area contributed by atoms with E-state index < -0.39 is 0 Å². The highest BCUT2D eigenvalue weighted by atomic mass is 32.1. The maximum atomic E-state index is 5.00. The Bertz CT molecular complexity index is 519. The van der Waals surface area contributed by atoms with Crippen molar-refractivity contribution in [3.05, 3.63) is 6.33 Å². The average Bonchev–Trinajstić information content (AvgIpc) is 2.83. The Balaban J connectivity index is 2.09. The first-order chi connectivity index (χ1) is 9.35. The van der Waals surface area contributed by atoms with Gasteiger partial charge < -0.3 is 20.1 Å². The highest BCUT2D eigenvalue weighted by Gasteiger charge is 2.09. The summed E-state index contributed by atoms with van der Waals surface area (Å²) in [6, 6.07) is 0. The van der Waals surface area contributed by atoms with Crippen LogP contribution in [0.2, 0.25) is 0 Å². The van der Waals surface area contributed by atoms with Crippen molar-refractivity contribution in [3.8, 4) is 0 Å². The highest BCUT2D eigenvalue weighted by molar-refractivity contribution is 7.21. The van der Waals surface area contributed by atoms with Crippen LogP contribution in [-0.4, -0.2) is 55.5 Å². The SMILES string of the molecule is COCCNc1nc2c(NCCOC)ncnc2s1. The van der Waals surface area contributed by atoms with E-state index in [9.17, 15) is 0 Å². The monoisotopic (exact) mass is 283 g/mol. The highest BCUT2D eigenvalue weighted by Crippen LogP contribution is 2.27. The second kappa shape index (κ2) is 7.17. The van der Waals surface area contributed by atoms with E-state index >= 15 is 0 Å². The first-order valence-corrected chi connectivity index (χ1v) is 6.74. The fourth-order valence-corrected chi connectivity index (χ4v) is 2.32. The van der Waals surface area contributed by atoms with E-state index in [0.717, 1.165) is 27.8 Å². The largest absolute Gasteiger partial charge is 0.383 e. The lowest BCUT2D eigenvalue weighted by molar-refractivity contribution is 0.210. The summed E-state index contributed by atoms with van der Waals surface area (Å²) in [5.41, 5.74) is 0.781. The number of thiazole rings is 1. The summed E-state index contributed by atoms with van der Waals surface area (Å²) in [7, 11) is 3.33. The van der Waals surface area contributed by atoms with E-state index in [2.05, 4.69) is 25.6 Å². The standard InChI is InChI=1S/C11H17N5O2S/c1-17-5-3-12-9-8-10(15-7-14-9)19-11(16-8)13-4-6-18-2/h7H,3-6H2,1-2H3,(H,13,16)(H,12,14,15). The lowest BCUT2D eigenvalue weighted by Gasteiger charge is -2.04. The molecule has 19 heavy (non-hydrogen) atoms. The number of hydrogen-bond donors (Lipinski definition) is 2. The van der Waals surface area contributed by atoms with Crippen LogP contribution < -0.4 is 10.6 Å². The van der Waals surface area contributed by atoms with Crippen LogP contribution in [0.5, 0.6) is 0 Å². The molecule has 0 bridgehead atoms. The second-order valence-corrected chi connectivity index (χ2v) is 4.71. The third-order valence-corrected chi connectivity index (χ3v) is 3.30. The molecule has 0 amide bonds. The van der Waals surface area contributed by atoms with E-state index in [-0.39, 0.29) is 0 Å². The minimum absolute atomic E-state index is 0.620. The molecule has 104 valence electrons. The molecular weight excluding hydrogens is 266 g/mol. The zero-order valence-corrected chi connectivity index (χ0v) is 11.8. The summed E-state index contributed by atoms with van der Waals surface area (Å²) in [6.45, 7) is 2.66. The lowest BCUT2D eigenvalue weighted by atomic mass is 10.5. The number of methoxy groups -OCH3 is 2. The summed E-state index contributed by atoms with van der Waals surface area (Å²) in [4.78, 5) is 13.8. The zero-order chi connectivity index (χ0) is 13.5. The van der Waals surface area contributed by atoms with Crippen molar-refractivity contribution >= 4 is 32.6 Å². The van der Waals surface area contributed by atoms with Crippen LogP contribution >= 0.6 is 11.3 Å². The van der Waals surface area contributed by atoms with Crippen molar-refractivity contribution in [1.82, 2.24) is 15.0 Å². The normalized spacial score (nSPS) is 10.8. The number of ether oxygens (including phenoxy) is 2. The molecule has 0 aliphatic heterocycles. The number of nitrogens with one attached hydrogen (secondary N) is 2. The van der Waals surface area contributed by atoms with Gasteiger partial charge in [-0.15, -0.1) is 0 Å². The molecule has 7 nitrogen and oxygen atoms in total. The van der Waals surface area contributed by atoms with Gasteiger partial charge in [-0.05, 0) is 0 Å². The molecule has 0 unspecified atom stereocenters. The Morgan fingerprint density at radius 1 is 1.11 bits per heavy atom. The minimum atomic E-state index is 0.620. The second-order valence-electron chi connectivity index (χ2n) is 3.73. The Labute approximate surface area is 115 Å². The van der Waals surface area contributed by atoms with Crippen molar-refractivity contribution in [2.24, 2.45) is 0 Å². The van der Waals surface area contributed by atoms with E-state index in [0.29, 0.717) is 19.8 Å². The van der Waals surface area contributed by atoms with Gasteiger partial charge in [0.15, 0.2) is 15.8 Å². The van der Waals surface area contributed by atoms with Crippen LogP contribution in [0.15, 0.2) is 6.33 Å². The van der Waals surface area contributed by atoms with Gasteiger partial charge in [-0.1, -0.05) is 11.3 Å². The smallest absolute Gasteiger partial charge is 0.185 e. The predicted molar refractivity (Wildman–Crippen MR) is 75.9 cm³/mol. The van der Waals surface area contributed by atoms with Crippen LogP contribution in [0.3, 0.4) is 0 Å².